The normalized spacial score (nSPS) is 20.6. The van der Waals surface area contributed by atoms with Crippen molar-refractivity contribution in [1.82, 2.24) is 4.90 Å². The molecule has 1 saturated carbocycles. The van der Waals surface area contributed by atoms with Crippen molar-refractivity contribution in [2.75, 3.05) is 6.61 Å². The SMILES string of the molecule is Cc1ccc(C)c2c1C(=O)N(C1(CO)CCCC1)C2=O. The molecular formula is C16H19NO3. The number of nitrogens with zero attached hydrogens (tertiary/aromatic N) is 1. The monoisotopic (exact) mass is 273 g/mol. The second-order valence-electron chi connectivity index (χ2n) is 5.98. The van der Waals surface area contributed by atoms with Crippen LogP contribution in [0.15, 0.2) is 12.1 Å². The van der Waals surface area contributed by atoms with Crippen LogP contribution in [-0.2, 0) is 0 Å². The van der Waals surface area contributed by atoms with Gasteiger partial charge >= 0.3 is 0 Å². The van der Waals surface area contributed by atoms with Gasteiger partial charge in [0.25, 0.3) is 11.8 Å². The molecule has 4 heteroatoms. The van der Waals surface area contributed by atoms with Crippen molar-refractivity contribution in [2.45, 2.75) is 45.1 Å². The molecule has 1 fully saturated rings. The lowest BCUT2D eigenvalue weighted by molar-refractivity contribution is 0.0268. The maximum Gasteiger partial charge on any atom is 0.262 e. The lowest BCUT2D eigenvalue weighted by atomic mass is 9.96. The van der Waals surface area contributed by atoms with Crippen LogP contribution in [-0.4, -0.2) is 34.0 Å². The minimum Gasteiger partial charge on any atom is -0.394 e. The van der Waals surface area contributed by atoms with Gasteiger partial charge < -0.3 is 5.11 Å². The summed E-state index contributed by atoms with van der Waals surface area (Å²) in [6.45, 7) is 3.57. The molecule has 3 rings (SSSR count). The molecule has 20 heavy (non-hydrogen) atoms. The fourth-order valence-electron chi connectivity index (χ4n) is 3.59. The number of aliphatic hydroxyl groups is 1. The first-order valence-corrected chi connectivity index (χ1v) is 7.12. The Bertz CT molecular complexity index is 559. The Morgan fingerprint density at radius 2 is 1.50 bits per heavy atom. The standard InChI is InChI=1S/C16H19NO3/c1-10-5-6-11(2)13-12(10)14(19)17(15(13)20)16(9-18)7-3-4-8-16/h5-6,18H,3-4,7-9H2,1-2H3. The molecule has 0 saturated heterocycles. The molecule has 1 heterocycles. The maximum absolute atomic E-state index is 12.7. The van der Waals surface area contributed by atoms with Gasteiger partial charge in [-0.3, -0.25) is 14.5 Å². The number of hydrogen-bond donors (Lipinski definition) is 1. The van der Waals surface area contributed by atoms with Gasteiger partial charge in [-0.2, -0.15) is 0 Å². The summed E-state index contributed by atoms with van der Waals surface area (Å²) in [6.07, 6.45) is 3.30. The lowest BCUT2D eigenvalue weighted by Crippen LogP contribution is -2.52. The first-order chi connectivity index (χ1) is 9.52. The van der Waals surface area contributed by atoms with E-state index in [2.05, 4.69) is 0 Å². The molecule has 0 spiro atoms. The Kier molecular flexibility index (Phi) is 2.94. The molecule has 0 bridgehead atoms. The molecule has 1 aromatic rings. The maximum atomic E-state index is 12.7. The van der Waals surface area contributed by atoms with Crippen molar-refractivity contribution >= 4 is 11.8 Å². The number of fused-ring (bicyclic) bond motifs is 1. The zero-order valence-corrected chi connectivity index (χ0v) is 11.9. The fraction of sp³-hybridized carbons (Fsp3) is 0.500. The highest BCUT2D eigenvalue weighted by Gasteiger charge is 2.50. The number of carbonyl (C=O) groups excluding carboxylic acids is 2. The topological polar surface area (TPSA) is 57.6 Å². The molecular weight excluding hydrogens is 254 g/mol. The van der Waals surface area contributed by atoms with Gasteiger partial charge in [0.15, 0.2) is 0 Å². The van der Waals surface area contributed by atoms with E-state index in [4.69, 9.17) is 0 Å². The highest BCUT2D eigenvalue weighted by Crippen LogP contribution is 2.41. The quantitative estimate of drug-likeness (QED) is 0.840. The summed E-state index contributed by atoms with van der Waals surface area (Å²) in [5.74, 6) is -0.468. The highest BCUT2D eigenvalue weighted by atomic mass is 16.3. The smallest absolute Gasteiger partial charge is 0.262 e. The van der Waals surface area contributed by atoms with E-state index < -0.39 is 5.54 Å². The molecule has 1 aliphatic carbocycles. The van der Waals surface area contributed by atoms with E-state index >= 15 is 0 Å². The van der Waals surface area contributed by atoms with E-state index in [-0.39, 0.29) is 18.4 Å². The van der Waals surface area contributed by atoms with Crippen LogP contribution in [0.3, 0.4) is 0 Å². The van der Waals surface area contributed by atoms with Crippen molar-refractivity contribution in [3.63, 3.8) is 0 Å². The summed E-state index contributed by atoms with van der Waals surface area (Å²) in [5.41, 5.74) is 2.02. The van der Waals surface area contributed by atoms with Gasteiger partial charge in [0.05, 0.1) is 23.3 Å². The molecule has 2 aliphatic rings. The first kappa shape index (κ1) is 13.3. The summed E-state index contributed by atoms with van der Waals surface area (Å²) in [6, 6.07) is 3.76. The van der Waals surface area contributed by atoms with Gasteiger partial charge in [0.2, 0.25) is 0 Å². The summed E-state index contributed by atoms with van der Waals surface area (Å²) < 4.78 is 0. The van der Waals surface area contributed by atoms with E-state index in [9.17, 15) is 14.7 Å². The molecule has 2 amide bonds. The predicted octanol–water partition coefficient (Wildman–Crippen LogP) is 2.20. The van der Waals surface area contributed by atoms with Crippen molar-refractivity contribution in [3.05, 3.63) is 34.4 Å². The van der Waals surface area contributed by atoms with Gasteiger partial charge in [-0.15, -0.1) is 0 Å². The summed E-state index contributed by atoms with van der Waals surface area (Å²) in [7, 11) is 0. The molecule has 1 N–H and O–H groups in total. The number of amides is 2. The van der Waals surface area contributed by atoms with Gasteiger partial charge in [-0.1, -0.05) is 25.0 Å². The zero-order valence-electron chi connectivity index (χ0n) is 11.9. The van der Waals surface area contributed by atoms with Crippen LogP contribution in [0.5, 0.6) is 0 Å². The van der Waals surface area contributed by atoms with Crippen molar-refractivity contribution in [2.24, 2.45) is 0 Å². The average Bonchev–Trinajstić information content (AvgIpc) is 2.99. The van der Waals surface area contributed by atoms with Crippen LogP contribution in [0, 0.1) is 13.8 Å². The summed E-state index contributed by atoms with van der Waals surface area (Å²) in [5, 5.41) is 9.78. The second kappa shape index (κ2) is 4.42. The molecule has 0 radical (unpaired) electrons. The van der Waals surface area contributed by atoms with Crippen molar-refractivity contribution < 1.29 is 14.7 Å². The third-order valence-electron chi connectivity index (χ3n) is 4.76. The average molecular weight is 273 g/mol. The Morgan fingerprint density at radius 3 is 1.90 bits per heavy atom. The van der Waals surface area contributed by atoms with E-state index in [1.165, 1.54) is 4.90 Å². The van der Waals surface area contributed by atoms with Gasteiger partial charge in [0.1, 0.15) is 0 Å². The Labute approximate surface area is 118 Å². The summed E-state index contributed by atoms with van der Waals surface area (Å²) >= 11 is 0. The molecule has 1 aromatic carbocycles. The summed E-state index contributed by atoms with van der Waals surface area (Å²) in [4.78, 5) is 26.8. The Balaban J connectivity index is 2.15. The van der Waals surface area contributed by atoms with Crippen LogP contribution in [0.2, 0.25) is 0 Å². The molecule has 1 aliphatic heterocycles. The van der Waals surface area contributed by atoms with Crippen LogP contribution in [0.25, 0.3) is 0 Å². The predicted molar refractivity (Wildman–Crippen MR) is 74.7 cm³/mol. The number of rotatable bonds is 2. The number of aryl methyl sites for hydroxylation is 2. The fourth-order valence-corrected chi connectivity index (χ4v) is 3.59. The third kappa shape index (κ3) is 1.57. The molecule has 0 unspecified atom stereocenters. The number of benzene rings is 1. The Hall–Kier alpha value is -1.68. The van der Waals surface area contributed by atoms with E-state index in [0.717, 1.165) is 24.0 Å². The molecule has 106 valence electrons. The Morgan fingerprint density at radius 1 is 1.05 bits per heavy atom. The minimum absolute atomic E-state index is 0.142. The van der Waals surface area contributed by atoms with Crippen LogP contribution in [0.4, 0.5) is 0 Å². The number of hydrogen-bond acceptors (Lipinski definition) is 3. The lowest BCUT2D eigenvalue weighted by Gasteiger charge is -2.35. The van der Waals surface area contributed by atoms with E-state index in [0.29, 0.717) is 24.0 Å². The van der Waals surface area contributed by atoms with Crippen molar-refractivity contribution in [1.29, 1.82) is 0 Å². The second-order valence-corrected chi connectivity index (χ2v) is 5.98. The van der Waals surface area contributed by atoms with Crippen LogP contribution < -0.4 is 0 Å². The molecule has 0 aromatic heterocycles. The van der Waals surface area contributed by atoms with Crippen LogP contribution >= 0.6 is 0 Å². The molecule has 4 nitrogen and oxygen atoms in total. The van der Waals surface area contributed by atoms with Gasteiger partial charge in [-0.25, -0.2) is 0 Å². The van der Waals surface area contributed by atoms with Crippen LogP contribution in [0.1, 0.15) is 57.5 Å². The van der Waals surface area contributed by atoms with Gasteiger partial charge in [0, 0.05) is 0 Å². The largest absolute Gasteiger partial charge is 0.394 e. The third-order valence-corrected chi connectivity index (χ3v) is 4.76. The minimum atomic E-state index is -0.688. The molecule has 0 atom stereocenters. The zero-order chi connectivity index (χ0) is 14.5. The number of carbonyl (C=O) groups is 2. The van der Waals surface area contributed by atoms with Crippen molar-refractivity contribution in [3.8, 4) is 0 Å². The highest BCUT2D eigenvalue weighted by molar-refractivity contribution is 6.23. The number of aliphatic hydroxyl groups excluding tert-OH is 1. The van der Waals surface area contributed by atoms with E-state index in [1.54, 1.807) is 0 Å². The first-order valence-electron chi connectivity index (χ1n) is 7.12. The van der Waals surface area contributed by atoms with E-state index in [1.807, 2.05) is 26.0 Å². The number of imide groups is 1. The van der Waals surface area contributed by atoms with Gasteiger partial charge in [-0.05, 0) is 37.8 Å².